The number of carbonyl (C=O) groups is 1. The maximum atomic E-state index is 12.4. The lowest BCUT2D eigenvalue weighted by atomic mass is 10.1. The molecular formula is C17H19N3O6S. The van der Waals surface area contributed by atoms with Crippen molar-refractivity contribution < 1.29 is 22.9 Å². The van der Waals surface area contributed by atoms with Crippen molar-refractivity contribution in [1.82, 2.24) is 9.62 Å². The number of methoxy groups -OCH3 is 1. The van der Waals surface area contributed by atoms with Crippen LogP contribution in [0.25, 0.3) is 0 Å². The standard InChI is InChI=1S/C17H19N3O6S/c1-19(2)27(24,25)14-7-4-12(5-8-14)11-18-17(21)15-10-13(20(22)23)6-9-16(15)26-3/h4-10H,11H2,1-3H3,(H,18,21). The van der Waals surface area contributed by atoms with Crippen LogP contribution in [0.5, 0.6) is 5.75 Å². The first-order valence-corrected chi connectivity index (χ1v) is 9.23. The molecule has 0 saturated heterocycles. The number of ether oxygens (including phenoxy) is 1. The van der Waals surface area contributed by atoms with Crippen LogP contribution >= 0.6 is 0 Å². The molecule has 0 bridgehead atoms. The SMILES string of the molecule is COc1ccc([N+](=O)[O-])cc1C(=O)NCc1ccc(S(=O)(=O)N(C)C)cc1. The number of non-ortho nitro benzene ring substituents is 1. The van der Waals surface area contributed by atoms with Crippen LogP contribution in [-0.2, 0) is 16.6 Å². The van der Waals surface area contributed by atoms with E-state index in [4.69, 9.17) is 4.74 Å². The van der Waals surface area contributed by atoms with E-state index in [1.807, 2.05) is 0 Å². The van der Waals surface area contributed by atoms with E-state index < -0.39 is 20.9 Å². The zero-order valence-electron chi connectivity index (χ0n) is 15.0. The molecule has 0 aliphatic carbocycles. The predicted molar refractivity (Wildman–Crippen MR) is 98.1 cm³/mol. The van der Waals surface area contributed by atoms with Gasteiger partial charge >= 0.3 is 0 Å². The van der Waals surface area contributed by atoms with Crippen molar-refractivity contribution in [3.05, 3.63) is 63.7 Å². The molecule has 0 aliphatic heterocycles. The van der Waals surface area contributed by atoms with E-state index >= 15 is 0 Å². The maximum absolute atomic E-state index is 12.4. The quantitative estimate of drug-likeness (QED) is 0.566. The lowest BCUT2D eigenvalue weighted by Crippen LogP contribution is -2.24. The smallest absolute Gasteiger partial charge is 0.270 e. The third-order valence-corrected chi connectivity index (χ3v) is 5.62. The van der Waals surface area contributed by atoms with Gasteiger partial charge in [0.05, 0.1) is 22.5 Å². The summed E-state index contributed by atoms with van der Waals surface area (Å²) < 4.78 is 30.3. The summed E-state index contributed by atoms with van der Waals surface area (Å²) in [6, 6.07) is 9.81. The van der Waals surface area contributed by atoms with Gasteiger partial charge in [0, 0.05) is 32.8 Å². The molecule has 1 amide bonds. The van der Waals surface area contributed by atoms with Crippen molar-refractivity contribution in [2.45, 2.75) is 11.4 Å². The van der Waals surface area contributed by atoms with Gasteiger partial charge < -0.3 is 10.1 Å². The second-order valence-corrected chi connectivity index (χ2v) is 7.91. The first-order chi connectivity index (χ1) is 12.7. The average molecular weight is 393 g/mol. The molecule has 0 aromatic heterocycles. The Morgan fingerprint density at radius 2 is 1.81 bits per heavy atom. The normalized spacial score (nSPS) is 11.3. The summed E-state index contributed by atoms with van der Waals surface area (Å²) in [5, 5.41) is 13.5. The van der Waals surface area contributed by atoms with Gasteiger partial charge in [-0.15, -0.1) is 0 Å². The Morgan fingerprint density at radius 1 is 1.19 bits per heavy atom. The molecule has 9 nitrogen and oxygen atoms in total. The van der Waals surface area contributed by atoms with Crippen LogP contribution in [0.15, 0.2) is 47.4 Å². The van der Waals surface area contributed by atoms with Crippen molar-refractivity contribution in [3.63, 3.8) is 0 Å². The minimum absolute atomic E-state index is 0.0403. The molecule has 1 N–H and O–H groups in total. The highest BCUT2D eigenvalue weighted by Gasteiger charge is 2.18. The van der Waals surface area contributed by atoms with Gasteiger partial charge in [-0.2, -0.15) is 0 Å². The van der Waals surface area contributed by atoms with E-state index in [1.54, 1.807) is 12.1 Å². The Bertz CT molecular complexity index is 955. The maximum Gasteiger partial charge on any atom is 0.270 e. The number of benzene rings is 2. The minimum atomic E-state index is -3.52. The first-order valence-electron chi connectivity index (χ1n) is 7.79. The van der Waals surface area contributed by atoms with Gasteiger partial charge in [0.15, 0.2) is 0 Å². The fraction of sp³-hybridized carbons (Fsp3) is 0.235. The monoisotopic (exact) mass is 393 g/mol. The average Bonchev–Trinajstić information content (AvgIpc) is 2.65. The summed E-state index contributed by atoms with van der Waals surface area (Å²) >= 11 is 0. The van der Waals surface area contributed by atoms with Gasteiger partial charge in [0.2, 0.25) is 10.0 Å². The molecule has 2 aromatic rings. The Morgan fingerprint density at radius 3 is 2.33 bits per heavy atom. The van der Waals surface area contributed by atoms with E-state index in [-0.39, 0.29) is 28.4 Å². The van der Waals surface area contributed by atoms with Gasteiger partial charge in [0.25, 0.3) is 11.6 Å². The highest BCUT2D eigenvalue weighted by Crippen LogP contribution is 2.24. The molecule has 10 heteroatoms. The Kier molecular flexibility index (Phi) is 6.13. The molecule has 0 spiro atoms. The summed E-state index contributed by atoms with van der Waals surface area (Å²) in [7, 11) is 0.719. The highest BCUT2D eigenvalue weighted by atomic mass is 32.2. The first kappa shape index (κ1) is 20.3. The molecule has 2 rings (SSSR count). The van der Waals surface area contributed by atoms with E-state index in [0.717, 1.165) is 10.4 Å². The second-order valence-electron chi connectivity index (χ2n) is 5.76. The number of sulfonamides is 1. The Labute approximate surface area is 156 Å². The molecule has 0 atom stereocenters. The fourth-order valence-corrected chi connectivity index (χ4v) is 3.16. The van der Waals surface area contributed by atoms with Crippen LogP contribution in [0, 0.1) is 10.1 Å². The van der Waals surface area contributed by atoms with Gasteiger partial charge in [0.1, 0.15) is 5.75 Å². The Hall–Kier alpha value is -2.98. The number of carbonyl (C=O) groups excluding carboxylic acids is 1. The largest absolute Gasteiger partial charge is 0.496 e. The zero-order chi connectivity index (χ0) is 20.2. The van der Waals surface area contributed by atoms with Crippen LogP contribution in [0.4, 0.5) is 5.69 Å². The van der Waals surface area contributed by atoms with Crippen LogP contribution in [0.1, 0.15) is 15.9 Å². The predicted octanol–water partition coefficient (Wildman–Crippen LogP) is 1.78. The van der Waals surface area contributed by atoms with Gasteiger partial charge in [-0.25, -0.2) is 12.7 Å². The molecule has 0 saturated carbocycles. The van der Waals surface area contributed by atoms with Crippen molar-refractivity contribution in [2.24, 2.45) is 0 Å². The lowest BCUT2D eigenvalue weighted by Gasteiger charge is -2.12. The highest BCUT2D eigenvalue weighted by molar-refractivity contribution is 7.89. The number of rotatable bonds is 7. The van der Waals surface area contributed by atoms with Gasteiger partial charge in [-0.05, 0) is 23.8 Å². The molecule has 0 unspecified atom stereocenters. The van der Waals surface area contributed by atoms with Crippen molar-refractivity contribution in [2.75, 3.05) is 21.2 Å². The number of nitrogens with zero attached hydrogens (tertiary/aromatic N) is 2. The molecular weight excluding hydrogens is 374 g/mol. The van der Waals surface area contributed by atoms with E-state index in [2.05, 4.69) is 5.32 Å². The number of hydrogen-bond donors (Lipinski definition) is 1. The van der Waals surface area contributed by atoms with Crippen molar-refractivity contribution >= 4 is 21.6 Å². The molecule has 27 heavy (non-hydrogen) atoms. The number of nitro groups is 1. The topological polar surface area (TPSA) is 119 Å². The zero-order valence-corrected chi connectivity index (χ0v) is 15.8. The van der Waals surface area contributed by atoms with Crippen molar-refractivity contribution in [3.8, 4) is 5.75 Å². The molecule has 144 valence electrons. The molecule has 0 fully saturated rings. The minimum Gasteiger partial charge on any atom is -0.496 e. The van der Waals surface area contributed by atoms with Crippen LogP contribution in [0.2, 0.25) is 0 Å². The molecule has 0 radical (unpaired) electrons. The molecule has 0 aliphatic rings. The number of amides is 1. The molecule has 0 heterocycles. The molecule has 2 aromatic carbocycles. The lowest BCUT2D eigenvalue weighted by molar-refractivity contribution is -0.384. The Balaban J connectivity index is 2.14. The summed E-state index contributed by atoms with van der Waals surface area (Å²) in [6.45, 7) is 0.118. The number of nitro benzene ring substituents is 1. The summed E-state index contributed by atoms with van der Waals surface area (Å²) in [6.07, 6.45) is 0. The van der Waals surface area contributed by atoms with Crippen LogP contribution < -0.4 is 10.1 Å². The van der Waals surface area contributed by atoms with Gasteiger partial charge in [-0.3, -0.25) is 14.9 Å². The fourth-order valence-electron chi connectivity index (χ4n) is 2.25. The summed E-state index contributed by atoms with van der Waals surface area (Å²) in [4.78, 5) is 22.8. The second kappa shape index (κ2) is 8.14. The van der Waals surface area contributed by atoms with E-state index in [9.17, 15) is 23.3 Å². The van der Waals surface area contributed by atoms with Gasteiger partial charge in [-0.1, -0.05) is 12.1 Å². The third kappa shape index (κ3) is 4.60. The van der Waals surface area contributed by atoms with E-state index in [1.165, 1.54) is 45.5 Å². The van der Waals surface area contributed by atoms with Crippen molar-refractivity contribution in [1.29, 1.82) is 0 Å². The van der Waals surface area contributed by atoms with Crippen LogP contribution in [0.3, 0.4) is 0 Å². The number of nitrogens with one attached hydrogen (secondary N) is 1. The third-order valence-electron chi connectivity index (χ3n) is 3.79. The summed E-state index contributed by atoms with van der Waals surface area (Å²) in [5.41, 5.74) is 0.489. The van der Waals surface area contributed by atoms with E-state index in [0.29, 0.717) is 5.56 Å². The van der Waals surface area contributed by atoms with Crippen LogP contribution in [-0.4, -0.2) is 44.8 Å². The summed E-state index contributed by atoms with van der Waals surface area (Å²) in [5.74, 6) is -0.328. The number of hydrogen-bond acceptors (Lipinski definition) is 6.